The molecule has 2 saturated heterocycles. The van der Waals surface area contributed by atoms with E-state index in [1.54, 1.807) is 11.8 Å². The first-order valence-corrected chi connectivity index (χ1v) is 7.20. The van der Waals surface area contributed by atoms with Gasteiger partial charge in [-0.15, -0.1) is 0 Å². The van der Waals surface area contributed by atoms with Crippen LogP contribution in [0.15, 0.2) is 0 Å². The summed E-state index contributed by atoms with van der Waals surface area (Å²) in [5, 5.41) is 3.26. The predicted octanol–water partition coefficient (Wildman–Crippen LogP) is 1.15. The lowest BCUT2D eigenvalue weighted by Crippen LogP contribution is -2.42. The molecule has 2 aliphatic heterocycles. The molecule has 0 spiro atoms. The van der Waals surface area contributed by atoms with Gasteiger partial charge in [0.2, 0.25) is 0 Å². The maximum absolute atomic E-state index is 12.0. The molecule has 2 aliphatic rings. The second kappa shape index (κ2) is 5.60. The van der Waals surface area contributed by atoms with Gasteiger partial charge in [0.25, 0.3) is 0 Å². The Morgan fingerprint density at radius 2 is 2.00 bits per heavy atom. The van der Waals surface area contributed by atoms with Crippen LogP contribution in [0.5, 0.6) is 0 Å². The second-order valence-electron chi connectivity index (χ2n) is 6.46. The third-order valence-electron chi connectivity index (χ3n) is 3.62. The van der Waals surface area contributed by atoms with E-state index in [0.717, 1.165) is 6.42 Å². The Morgan fingerprint density at radius 1 is 1.30 bits per heavy atom. The minimum atomic E-state index is -0.477. The third kappa shape index (κ3) is 3.42. The van der Waals surface area contributed by atoms with Crippen LogP contribution in [0.2, 0.25) is 0 Å². The lowest BCUT2D eigenvalue weighted by atomic mass is 10.0. The van der Waals surface area contributed by atoms with E-state index in [9.17, 15) is 9.59 Å². The summed E-state index contributed by atoms with van der Waals surface area (Å²) in [5.41, 5.74) is -0.477. The second-order valence-corrected chi connectivity index (χ2v) is 6.46. The molecule has 0 bridgehead atoms. The van der Waals surface area contributed by atoms with E-state index in [2.05, 4.69) is 5.32 Å². The van der Waals surface area contributed by atoms with E-state index >= 15 is 0 Å². The minimum Gasteiger partial charge on any atom is -0.465 e. The van der Waals surface area contributed by atoms with Gasteiger partial charge in [-0.3, -0.25) is 10.1 Å². The number of ether oxygens (including phenoxy) is 2. The molecule has 0 aliphatic carbocycles. The molecule has 0 radical (unpaired) electrons. The molecule has 20 heavy (non-hydrogen) atoms. The standard InChI is InChI=1S/C14H24N2O4/c1-5-19-12(17)10-6-9-7-16(8-11(9)15-10)13(18)20-14(2,3)4/h9-11,15H,5-8H2,1-4H3/t9-,10+,11-/m0/s1. The van der Waals surface area contributed by atoms with Crippen LogP contribution in [0.1, 0.15) is 34.1 Å². The van der Waals surface area contributed by atoms with Crippen molar-refractivity contribution in [2.24, 2.45) is 5.92 Å². The fraction of sp³-hybridized carbons (Fsp3) is 0.857. The SMILES string of the molecule is CCOC(=O)[C@H]1C[C@H]2CN(C(=O)OC(C)(C)C)C[C@@H]2N1. The van der Waals surface area contributed by atoms with E-state index in [4.69, 9.17) is 9.47 Å². The van der Waals surface area contributed by atoms with Gasteiger partial charge in [-0.25, -0.2) is 4.79 Å². The highest BCUT2D eigenvalue weighted by Gasteiger charge is 2.45. The molecule has 2 heterocycles. The molecule has 6 nitrogen and oxygen atoms in total. The Kier molecular flexibility index (Phi) is 4.22. The smallest absolute Gasteiger partial charge is 0.410 e. The van der Waals surface area contributed by atoms with Crippen LogP contribution in [0, 0.1) is 5.92 Å². The largest absolute Gasteiger partial charge is 0.465 e. The number of hydrogen-bond donors (Lipinski definition) is 1. The first-order chi connectivity index (χ1) is 9.30. The maximum atomic E-state index is 12.0. The van der Waals surface area contributed by atoms with Gasteiger partial charge in [0.15, 0.2) is 0 Å². The Balaban J connectivity index is 1.85. The third-order valence-corrected chi connectivity index (χ3v) is 3.62. The van der Waals surface area contributed by atoms with Crippen molar-refractivity contribution in [2.45, 2.75) is 51.8 Å². The molecule has 0 aromatic rings. The average Bonchev–Trinajstić information content (AvgIpc) is 2.83. The van der Waals surface area contributed by atoms with Gasteiger partial charge in [-0.2, -0.15) is 0 Å². The van der Waals surface area contributed by atoms with E-state index in [0.29, 0.717) is 25.6 Å². The summed E-state index contributed by atoms with van der Waals surface area (Å²) in [6.07, 6.45) is 0.449. The van der Waals surface area contributed by atoms with Crippen LogP contribution < -0.4 is 5.32 Å². The van der Waals surface area contributed by atoms with Crippen molar-refractivity contribution in [1.82, 2.24) is 10.2 Å². The lowest BCUT2D eigenvalue weighted by Gasteiger charge is -2.25. The van der Waals surface area contributed by atoms with E-state index in [-0.39, 0.29) is 24.1 Å². The molecular weight excluding hydrogens is 260 g/mol. The summed E-state index contributed by atoms with van der Waals surface area (Å²) in [7, 11) is 0. The van der Waals surface area contributed by atoms with Crippen molar-refractivity contribution in [1.29, 1.82) is 0 Å². The Morgan fingerprint density at radius 3 is 2.55 bits per heavy atom. The summed E-state index contributed by atoms with van der Waals surface area (Å²) >= 11 is 0. The van der Waals surface area contributed by atoms with Gasteiger partial charge in [-0.05, 0) is 40.0 Å². The fourth-order valence-corrected chi connectivity index (χ4v) is 2.81. The van der Waals surface area contributed by atoms with Gasteiger partial charge in [-0.1, -0.05) is 0 Å². The quantitative estimate of drug-likeness (QED) is 0.770. The highest BCUT2D eigenvalue weighted by Crippen LogP contribution is 2.29. The van der Waals surface area contributed by atoms with Crippen LogP contribution in [0.4, 0.5) is 4.79 Å². The van der Waals surface area contributed by atoms with Gasteiger partial charge in [0, 0.05) is 19.1 Å². The number of esters is 1. The van der Waals surface area contributed by atoms with Crippen molar-refractivity contribution >= 4 is 12.1 Å². The van der Waals surface area contributed by atoms with Crippen molar-refractivity contribution < 1.29 is 19.1 Å². The van der Waals surface area contributed by atoms with Crippen molar-refractivity contribution in [2.75, 3.05) is 19.7 Å². The van der Waals surface area contributed by atoms with Crippen LogP contribution in [-0.4, -0.2) is 54.3 Å². The number of carbonyl (C=O) groups is 2. The topological polar surface area (TPSA) is 67.9 Å². The molecule has 0 aromatic carbocycles. The molecule has 0 saturated carbocycles. The normalized spacial score (nSPS) is 29.2. The summed E-state index contributed by atoms with van der Waals surface area (Å²) < 4.78 is 10.4. The zero-order chi connectivity index (χ0) is 14.9. The Labute approximate surface area is 119 Å². The first-order valence-electron chi connectivity index (χ1n) is 7.20. The lowest BCUT2D eigenvalue weighted by molar-refractivity contribution is -0.145. The van der Waals surface area contributed by atoms with Gasteiger partial charge >= 0.3 is 12.1 Å². The number of hydrogen-bond acceptors (Lipinski definition) is 5. The Bertz CT molecular complexity index is 377. The van der Waals surface area contributed by atoms with Crippen LogP contribution in [0.3, 0.4) is 0 Å². The number of fused-ring (bicyclic) bond motifs is 1. The summed E-state index contributed by atoms with van der Waals surface area (Å²) in [5.74, 6) is 0.114. The first kappa shape index (κ1) is 15.1. The van der Waals surface area contributed by atoms with Crippen molar-refractivity contribution in [3.05, 3.63) is 0 Å². The van der Waals surface area contributed by atoms with E-state index in [1.807, 2.05) is 20.8 Å². The summed E-state index contributed by atoms with van der Waals surface area (Å²) in [6.45, 7) is 9.01. The maximum Gasteiger partial charge on any atom is 0.410 e. The van der Waals surface area contributed by atoms with E-state index < -0.39 is 5.60 Å². The molecule has 3 atom stereocenters. The minimum absolute atomic E-state index is 0.164. The van der Waals surface area contributed by atoms with Crippen molar-refractivity contribution in [3.63, 3.8) is 0 Å². The molecule has 2 fully saturated rings. The average molecular weight is 284 g/mol. The van der Waals surface area contributed by atoms with E-state index in [1.165, 1.54) is 0 Å². The number of nitrogens with one attached hydrogen (secondary N) is 1. The molecule has 114 valence electrons. The van der Waals surface area contributed by atoms with Crippen molar-refractivity contribution in [3.8, 4) is 0 Å². The Hall–Kier alpha value is -1.30. The molecule has 2 rings (SSSR count). The molecule has 1 N–H and O–H groups in total. The zero-order valence-corrected chi connectivity index (χ0v) is 12.6. The highest BCUT2D eigenvalue weighted by molar-refractivity contribution is 5.76. The monoisotopic (exact) mass is 284 g/mol. The fourth-order valence-electron chi connectivity index (χ4n) is 2.81. The highest BCUT2D eigenvalue weighted by atomic mass is 16.6. The molecule has 1 amide bonds. The van der Waals surface area contributed by atoms with Crippen LogP contribution >= 0.6 is 0 Å². The predicted molar refractivity (Wildman–Crippen MR) is 73.3 cm³/mol. The van der Waals surface area contributed by atoms with Gasteiger partial charge in [0.05, 0.1) is 6.61 Å². The summed E-state index contributed by atoms with van der Waals surface area (Å²) in [4.78, 5) is 25.4. The zero-order valence-electron chi connectivity index (χ0n) is 12.6. The number of amides is 1. The molecular formula is C14H24N2O4. The van der Waals surface area contributed by atoms with Gasteiger partial charge in [0.1, 0.15) is 11.6 Å². The number of nitrogens with zero attached hydrogens (tertiary/aromatic N) is 1. The van der Waals surface area contributed by atoms with Gasteiger partial charge < -0.3 is 14.4 Å². The summed E-state index contributed by atoms with van der Waals surface area (Å²) in [6, 6.07) is -0.0670. The van der Waals surface area contributed by atoms with Crippen LogP contribution in [-0.2, 0) is 14.3 Å². The number of rotatable bonds is 2. The number of likely N-dealkylation sites (tertiary alicyclic amines) is 1. The molecule has 6 heteroatoms. The molecule has 0 unspecified atom stereocenters. The molecule has 0 aromatic heterocycles. The van der Waals surface area contributed by atoms with Crippen LogP contribution in [0.25, 0.3) is 0 Å². The number of carbonyl (C=O) groups excluding carboxylic acids is 2.